The molecule has 0 bridgehead atoms. The molecule has 0 amide bonds. The highest BCUT2D eigenvalue weighted by molar-refractivity contribution is 5.24. The minimum Gasteiger partial charge on any atom is -0.307 e. The maximum atomic E-state index is 3.69. The van der Waals surface area contributed by atoms with Crippen LogP contribution in [0.25, 0.3) is 0 Å². The lowest BCUT2D eigenvalue weighted by atomic mass is 9.81. The lowest BCUT2D eigenvalue weighted by Crippen LogP contribution is -2.41. The van der Waals surface area contributed by atoms with Crippen LogP contribution in [0.1, 0.15) is 43.9 Å². The van der Waals surface area contributed by atoms with E-state index in [4.69, 9.17) is 0 Å². The smallest absolute Gasteiger partial charge is 0.0294 e. The Morgan fingerprint density at radius 2 is 2.07 bits per heavy atom. The van der Waals surface area contributed by atoms with Crippen molar-refractivity contribution in [2.24, 2.45) is 5.92 Å². The van der Waals surface area contributed by atoms with Gasteiger partial charge in [-0.25, -0.2) is 0 Å². The first kappa shape index (κ1) is 10.7. The SMILES string of the molecule is Cc1cccc([C@@H](C)NC2CC(C)C2)c1. The van der Waals surface area contributed by atoms with Gasteiger partial charge in [-0.2, -0.15) is 0 Å². The molecule has 0 aliphatic heterocycles. The number of benzene rings is 1. The Morgan fingerprint density at radius 3 is 2.67 bits per heavy atom. The van der Waals surface area contributed by atoms with E-state index < -0.39 is 0 Å². The van der Waals surface area contributed by atoms with Gasteiger partial charge in [-0.05, 0) is 38.2 Å². The highest BCUT2D eigenvalue weighted by Crippen LogP contribution is 2.28. The monoisotopic (exact) mass is 203 g/mol. The van der Waals surface area contributed by atoms with Crippen molar-refractivity contribution in [3.63, 3.8) is 0 Å². The van der Waals surface area contributed by atoms with Crippen LogP contribution in [-0.2, 0) is 0 Å². The van der Waals surface area contributed by atoms with Crippen molar-refractivity contribution in [1.82, 2.24) is 5.32 Å². The molecule has 1 aliphatic rings. The third kappa shape index (κ3) is 2.60. The lowest BCUT2D eigenvalue weighted by Gasteiger charge is -2.35. The molecule has 1 fully saturated rings. The molecule has 1 saturated carbocycles. The van der Waals surface area contributed by atoms with Crippen molar-refractivity contribution in [3.05, 3.63) is 35.4 Å². The third-order valence-electron chi connectivity index (χ3n) is 3.40. The largest absolute Gasteiger partial charge is 0.307 e. The van der Waals surface area contributed by atoms with Crippen LogP contribution in [0.2, 0.25) is 0 Å². The molecule has 1 aliphatic carbocycles. The summed E-state index contributed by atoms with van der Waals surface area (Å²) in [6.45, 7) is 6.74. The fourth-order valence-corrected chi connectivity index (χ4v) is 2.43. The van der Waals surface area contributed by atoms with E-state index in [1.807, 2.05) is 0 Å². The van der Waals surface area contributed by atoms with E-state index >= 15 is 0 Å². The number of aryl methyl sites for hydroxylation is 1. The van der Waals surface area contributed by atoms with Crippen molar-refractivity contribution in [2.75, 3.05) is 0 Å². The van der Waals surface area contributed by atoms with Gasteiger partial charge >= 0.3 is 0 Å². The molecular formula is C14H21N. The predicted molar refractivity (Wildman–Crippen MR) is 64.9 cm³/mol. The van der Waals surface area contributed by atoms with Crippen LogP contribution >= 0.6 is 0 Å². The van der Waals surface area contributed by atoms with Gasteiger partial charge in [-0.3, -0.25) is 0 Å². The first-order valence-electron chi connectivity index (χ1n) is 5.98. The standard InChI is InChI=1S/C14H21N/c1-10-5-4-6-13(7-10)12(3)15-14-8-11(2)9-14/h4-7,11-12,14-15H,8-9H2,1-3H3/t11?,12-,14?/m1/s1. The first-order chi connectivity index (χ1) is 7.15. The van der Waals surface area contributed by atoms with Crippen molar-refractivity contribution in [3.8, 4) is 0 Å². The van der Waals surface area contributed by atoms with Gasteiger partial charge in [-0.15, -0.1) is 0 Å². The van der Waals surface area contributed by atoms with Crippen LogP contribution in [0.4, 0.5) is 0 Å². The molecule has 82 valence electrons. The molecule has 0 heterocycles. The molecular weight excluding hydrogens is 182 g/mol. The normalized spacial score (nSPS) is 27.1. The van der Waals surface area contributed by atoms with E-state index in [2.05, 4.69) is 50.4 Å². The van der Waals surface area contributed by atoms with Crippen LogP contribution in [-0.4, -0.2) is 6.04 Å². The Bertz CT molecular complexity index is 326. The van der Waals surface area contributed by atoms with Gasteiger partial charge in [-0.1, -0.05) is 36.8 Å². The fourth-order valence-electron chi connectivity index (χ4n) is 2.43. The van der Waals surface area contributed by atoms with Crippen LogP contribution in [0, 0.1) is 12.8 Å². The molecule has 1 nitrogen and oxygen atoms in total. The van der Waals surface area contributed by atoms with E-state index in [1.165, 1.54) is 24.0 Å². The zero-order valence-electron chi connectivity index (χ0n) is 9.96. The van der Waals surface area contributed by atoms with Crippen LogP contribution in [0.5, 0.6) is 0 Å². The summed E-state index contributed by atoms with van der Waals surface area (Å²) in [5, 5.41) is 3.69. The number of hydrogen-bond acceptors (Lipinski definition) is 1. The van der Waals surface area contributed by atoms with Gasteiger partial charge in [0.1, 0.15) is 0 Å². The van der Waals surface area contributed by atoms with Gasteiger partial charge in [0, 0.05) is 12.1 Å². The molecule has 0 spiro atoms. The summed E-state index contributed by atoms with van der Waals surface area (Å²) in [5.74, 6) is 0.923. The van der Waals surface area contributed by atoms with Gasteiger partial charge in [0.25, 0.3) is 0 Å². The molecule has 1 aromatic rings. The maximum Gasteiger partial charge on any atom is 0.0294 e. The molecule has 0 unspecified atom stereocenters. The minimum atomic E-state index is 0.488. The molecule has 1 aromatic carbocycles. The first-order valence-corrected chi connectivity index (χ1v) is 5.98. The lowest BCUT2D eigenvalue weighted by molar-refractivity contribution is 0.226. The maximum absolute atomic E-state index is 3.69. The zero-order chi connectivity index (χ0) is 10.8. The average molecular weight is 203 g/mol. The van der Waals surface area contributed by atoms with Crippen LogP contribution < -0.4 is 5.32 Å². The molecule has 0 radical (unpaired) electrons. The summed E-state index contributed by atoms with van der Waals surface area (Å²) in [4.78, 5) is 0. The van der Waals surface area contributed by atoms with Crippen molar-refractivity contribution in [2.45, 2.75) is 45.7 Å². The number of rotatable bonds is 3. The van der Waals surface area contributed by atoms with Gasteiger partial charge in [0.2, 0.25) is 0 Å². The molecule has 15 heavy (non-hydrogen) atoms. The second kappa shape index (κ2) is 4.36. The summed E-state index contributed by atoms with van der Waals surface area (Å²) in [6, 6.07) is 10.0. The quantitative estimate of drug-likeness (QED) is 0.793. The average Bonchev–Trinajstić information content (AvgIpc) is 2.15. The summed E-state index contributed by atoms with van der Waals surface area (Å²) in [7, 11) is 0. The Kier molecular flexibility index (Phi) is 3.11. The molecule has 1 heteroatoms. The van der Waals surface area contributed by atoms with Gasteiger partial charge < -0.3 is 5.32 Å². The molecule has 1 atom stereocenters. The Morgan fingerprint density at radius 1 is 1.33 bits per heavy atom. The molecule has 0 aromatic heterocycles. The number of nitrogens with one attached hydrogen (secondary N) is 1. The van der Waals surface area contributed by atoms with Gasteiger partial charge in [0.15, 0.2) is 0 Å². The predicted octanol–water partition coefficient (Wildman–Crippen LogP) is 3.44. The van der Waals surface area contributed by atoms with Crippen LogP contribution in [0.15, 0.2) is 24.3 Å². The fraction of sp³-hybridized carbons (Fsp3) is 0.571. The second-order valence-corrected chi connectivity index (χ2v) is 5.08. The second-order valence-electron chi connectivity index (χ2n) is 5.08. The molecule has 1 N–H and O–H groups in total. The molecule has 2 rings (SSSR count). The van der Waals surface area contributed by atoms with E-state index in [1.54, 1.807) is 0 Å². The summed E-state index contributed by atoms with van der Waals surface area (Å²) >= 11 is 0. The van der Waals surface area contributed by atoms with E-state index in [0.29, 0.717) is 6.04 Å². The highest BCUT2D eigenvalue weighted by Gasteiger charge is 2.26. The third-order valence-corrected chi connectivity index (χ3v) is 3.40. The summed E-state index contributed by atoms with van der Waals surface area (Å²) in [6.07, 6.45) is 2.69. The van der Waals surface area contributed by atoms with Crippen molar-refractivity contribution >= 4 is 0 Å². The van der Waals surface area contributed by atoms with E-state index in [9.17, 15) is 0 Å². The van der Waals surface area contributed by atoms with E-state index in [-0.39, 0.29) is 0 Å². The summed E-state index contributed by atoms with van der Waals surface area (Å²) < 4.78 is 0. The highest BCUT2D eigenvalue weighted by atomic mass is 15.0. The van der Waals surface area contributed by atoms with Crippen molar-refractivity contribution in [1.29, 1.82) is 0 Å². The number of hydrogen-bond donors (Lipinski definition) is 1. The van der Waals surface area contributed by atoms with Crippen LogP contribution in [0.3, 0.4) is 0 Å². The van der Waals surface area contributed by atoms with Gasteiger partial charge in [0.05, 0.1) is 0 Å². The topological polar surface area (TPSA) is 12.0 Å². The summed E-state index contributed by atoms with van der Waals surface area (Å²) in [5.41, 5.74) is 2.76. The van der Waals surface area contributed by atoms with E-state index in [0.717, 1.165) is 12.0 Å². The Balaban J connectivity index is 1.93. The Hall–Kier alpha value is -0.820. The minimum absolute atomic E-state index is 0.488. The Labute approximate surface area is 92.9 Å². The van der Waals surface area contributed by atoms with Crippen molar-refractivity contribution < 1.29 is 0 Å². The molecule has 0 saturated heterocycles. The zero-order valence-corrected chi connectivity index (χ0v) is 9.96.